The van der Waals surface area contributed by atoms with E-state index in [2.05, 4.69) is 12.2 Å². The number of benzene rings is 1. The van der Waals surface area contributed by atoms with Gasteiger partial charge in [-0.25, -0.2) is 0 Å². The monoisotopic (exact) mass is 269 g/mol. The fourth-order valence-electron chi connectivity index (χ4n) is 2.04. The molecule has 1 aromatic rings. The number of ether oxygens (including phenoxy) is 2. The van der Waals surface area contributed by atoms with Crippen molar-refractivity contribution in [2.75, 3.05) is 13.2 Å². The largest absolute Gasteiger partial charge is 0.348 e. The first-order valence-electron chi connectivity index (χ1n) is 6.27. The Morgan fingerprint density at radius 1 is 1.39 bits per heavy atom. The Hall–Kier alpha value is -0.610. The highest BCUT2D eigenvalue weighted by atomic mass is 35.5. The van der Waals surface area contributed by atoms with Crippen LogP contribution in [0.15, 0.2) is 24.3 Å². The van der Waals surface area contributed by atoms with Gasteiger partial charge in [-0.2, -0.15) is 0 Å². The molecule has 1 saturated heterocycles. The van der Waals surface area contributed by atoms with E-state index in [-0.39, 0.29) is 12.1 Å². The fourth-order valence-corrected chi connectivity index (χ4v) is 2.17. The Morgan fingerprint density at radius 3 is 2.61 bits per heavy atom. The summed E-state index contributed by atoms with van der Waals surface area (Å²) in [6, 6.07) is 8.17. The van der Waals surface area contributed by atoms with E-state index < -0.39 is 5.79 Å². The Bertz CT molecular complexity index is 391. The molecule has 0 saturated carbocycles. The Balaban J connectivity index is 1.82. The molecule has 0 aromatic heterocycles. The van der Waals surface area contributed by atoms with Gasteiger partial charge in [0.2, 0.25) is 0 Å². The summed E-state index contributed by atoms with van der Waals surface area (Å²) in [5.74, 6) is -0.449. The average molecular weight is 270 g/mol. The van der Waals surface area contributed by atoms with Gasteiger partial charge in [-0.05, 0) is 38.5 Å². The number of hydrogen-bond acceptors (Lipinski definition) is 3. The van der Waals surface area contributed by atoms with Crippen molar-refractivity contribution in [2.45, 2.75) is 38.7 Å². The van der Waals surface area contributed by atoms with Crippen molar-refractivity contribution in [1.82, 2.24) is 5.32 Å². The van der Waals surface area contributed by atoms with Crippen molar-refractivity contribution in [1.29, 1.82) is 0 Å². The van der Waals surface area contributed by atoms with Crippen LogP contribution in [0.3, 0.4) is 0 Å². The smallest absolute Gasteiger partial charge is 0.163 e. The first kappa shape index (κ1) is 13.8. The number of halogens is 1. The quantitative estimate of drug-likeness (QED) is 0.911. The van der Waals surface area contributed by atoms with E-state index in [0.29, 0.717) is 6.61 Å². The summed E-state index contributed by atoms with van der Waals surface area (Å²) in [6.45, 7) is 7.44. The van der Waals surface area contributed by atoms with Crippen LogP contribution in [0.25, 0.3) is 0 Å². The van der Waals surface area contributed by atoms with Crippen molar-refractivity contribution in [3.8, 4) is 0 Å². The summed E-state index contributed by atoms with van der Waals surface area (Å²) in [7, 11) is 0. The van der Waals surface area contributed by atoms with Gasteiger partial charge in [0.15, 0.2) is 5.79 Å². The van der Waals surface area contributed by atoms with E-state index in [4.69, 9.17) is 21.1 Å². The fraction of sp³-hybridized carbons (Fsp3) is 0.571. The molecule has 2 atom stereocenters. The third kappa shape index (κ3) is 3.69. The average Bonchev–Trinajstić information content (AvgIpc) is 2.67. The van der Waals surface area contributed by atoms with Gasteiger partial charge in [-0.3, -0.25) is 0 Å². The Morgan fingerprint density at radius 2 is 2.06 bits per heavy atom. The van der Waals surface area contributed by atoms with Crippen molar-refractivity contribution < 1.29 is 9.47 Å². The molecule has 0 bridgehead atoms. The van der Waals surface area contributed by atoms with Crippen LogP contribution < -0.4 is 5.32 Å². The van der Waals surface area contributed by atoms with Crippen LogP contribution >= 0.6 is 11.6 Å². The van der Waals surface area contributed by atoms with Crippen LogP contribution in [0.5, 0.6) is 0 Å². The highest BCUT2D eigenvalue weighted by Crippen LogP contribution is 2.22. The summed E-state index contributed by atoms with van der Waals surface area (Å²) in [5, 5.41) is 4.21. The van der Waals surface area contributed by atoms with Crippen LogP contribution in [0.1, 0.15) is 32.4 Å². The normalized spacial score (nSPS) is 24.1. The van der Waals surface area contributed by atoms with Gasteiger partial charge in [0.05, 0.1) is 12.7 Å². The van der Waals surface area contributed by atoms with Gasteiger partial charge < -0.3 is 14.8 Å². The third-order valence-corrected chi connectivity index (χ3v) is 3.34. The molecule has 1 aromatic carbocycles. The molecular weight excluding hydrogens is 250 g/mol. The van der Waals surface area contributed by atoms with Gasteiger partial charge in [0, 0.05) is 17.6 Å². The lowest BCUT2D eigenvalue weighted by Gasteiger charge is -2.19. The summed E-state index contributed by atoms with van der Waals surface area (Å²) < 4.78 is 11.3. The second-order valence-electron chi connectivity index (χ2n) is 5.13. The summed E-state index contributed by atoms with van der Waals surface area (Å²) in [4.78, 5) is 0. The van der Waals surface area contributed by atoms with Crippen molar-refractivity contribution >= 4 is 11.6 Å². The van der Waals surface area contributed by atoms with Crippen LogP contribution in [-0.2, 0) is 9.47 Å². The number of nitrogens with one attached hydrogen (secondary N) is 1. The first-order valence-corrected chi connectivity index (χ1v) is 6.65. The minimum Gasteiger partial charge on any atom is -0.348 e. The van der Waals surface area contributed by atoms with Gasteiger partial charge in [-0.1, -0.05) is 23.7 Å². The third-order valence-electron chi connectivity index (χ3n) is 3.09. The lowest BCUT2D eigenvalue weighted by molar-refractivity contribution is -0.137. The maximum atomic E-state index is 5.87. The highest BCUT2D eigenvalue weighted by Gasteiger charge is 2.32. The molecule has 4 heteroatoms. The van der Waals surface area contributed by atoms with Crippen molar-refractivity contribution in [2.24, 2.45) is 0 Å². The van der Waals surface area contributed by atoms with E-state index in [9.17, 15) is 0 Å². The van der Waals surface area contributed by atoms with Crippen molar-refractivity contribution in [3.63, 3.8) is 0 Å². The lowest BCUT2D eigenvalue weighted by atomic mass is 10.1. The minimum atomic E-state index is -0.449. The zero-order valence-corrected chi connectivity index (χ0v) is 11.8. The van der Waals surface area contributed by atoms with Crippen molar-refractivity contribution in [3.05, 3.63) is 34.9 Å². The van der Waals surface area contributed by atoms with E-state index >= 15 is 0 Å². The molecule has 1 fully saturated rings. The van der Waals surface area contributed by atoms with E-state index in [1.807, 2.05) is 38.1 Å². The number of rotatable bonds is 4. The molecule has 1 aliphatic heterocycles. The van der Waals surface area contributed by atoms with Gasteiger partial charge in [-0.15, -0.1) is 0 Å². The predicted molar refractivity (Wildman–Crippen MR) is 72.8 cm³/mol. The topological polar surface area (TPSA) is 30.5 Å². The van der Waals surface area contributed by atoms with Crippen LogP contribution in [-0.4, -0.2) is 25.0 Å². The summed E-state index contributed by atoms with van der Waals surface area (Å²) in [6.07, 6.45) is 0.120. The molecule has 0 aliphatic carbocycles. The van der Waals surface area contributed by atoms with Gasteiger partial charge >= 0.3 is 0 Å². The van der Waals surface area contributed by atoms with E-state index in [1.54, 1.807) is 0 Å². The molecule has 2 rings (SSSR count). The summed E-state index contributed by atoms with van der Waals surface area (Å²) >= 11 is 5.87. The zero-order chi connectivity index (χ0) is 13.2. The molecule has 1 aliphatic rings. The summed E-state index contributed by atoms with van der Waals surface area (Å²) in [5.41, 5.74) is 1.22. The zero-order valence-electron chi connectivity index (χ0n) is 11.1. The van der Waals surface area contributed by atoms with Gasteiger partial charge in [0.1, 0.15) is 0 Å². The molecular formula is C14H20ClNO2. The van der Waals surface area contributed by atoms with Crippen LogP contribution in [0.4, 0.5) is 0 Å². The molecule has 1 heterocycles. The molecule has 0 radical (unpaired) electrons. The standard InChI is InChI=1S/C14H20ClNO2/c1-10(11-4-6-12(15)7-5-11)16-8-13-9-17-14(2,3)18-13/h4-7,10,13,16H,8-9H2,1-3H3. The maximum Gasteiger partial charge on any atom is 0.163 e. The SMILES string of the molecule is CC(NCC1COC(C)(C)O1)c1ccc(Cl)cc1. The van der Waals surface area contributed by atoms with Gasteiger partial charge in [0.25, 0.3) is 0 Å². The van der Waals surface area contributed by atoms with E-state index in [1.165, 1.54) is 5.56 Å². The minimum absolute atomic E-state index is 0.120. The molecule has 0 spiro atoms. The maximum absolute atomic E-state index is 5.87. The Labute approximate surface area is 113 Å². The molecule has 0 amide bonds. The molecule has 3 nitrogen and oxygen atoms in total. The van der Waals surface area contributed by atoms with E-state index in [0.717, 1.165) is 11.6 Å². The molecule has 18 heavy (non-hydrogen) atoms. The number of hydrogen-bond donors (Lipinski definition) is 1. The Kier molecular flexibility index (Phi) is 4.28. The first-order chi connectivity index (χ1) is 8.46. The second-order valence-corrected chi connectivity index (χ2v) is 5.57. The second kappa shape index (κ2) is 5.57. The highest BCUT2D eigenvalue weighted by molar-refractivity contribution is 6.30. The van der Waals surface area contributed by atoms with Crippen LogP contribution in [0.2, 0.25) is 5.02 Å². The molecule has 1 N–H and O–H groups in total. The molecule has 2 unspecified atom stereocenters. The lowest BCUT2D eigenvalue weighted by Crippen LogP contribution is -2.32. The predicted octanol–water partition coefficient (Wildman–Crippen LogP) is 3.14. The molecule has 100 valence electrons. The van der Waals surface area contributed by atoms with Crippen LogP contribution in [0, 0.1) is 0 Å².